The van der Waals surface area contributed by atoms with Crippen molar-refractivity contribution in [3.05, 3.63) is 0 Å². The molecule has 1 heterocycles. The molecule has 1 fully saturated rings. The molecule has 0 aromatic rings. The van der Waals surface area contributed by atoms with Gasteiger partial charge in [0.2, 0.25) is 0 Å². The summed E-state index contributed by atoms with van der Waals surface area (Å²) in [6.07, 6.45) is 4.45. The van der Waals surface area contributed by atoms with Crippen molar-refractivity contribution in [2.75, 3.05) is 13.7 Å². The summed E-state index contributed by atoms with van der Waals surface area (Å²) < 4.78 is 4.45. The minimum atomic E-state index is -1.26. The molecule has 0 saturated carbocycles. The second kappa shape index (κ2) is 8.49. The predicted molar refractivity (Wildman–Crippen MR) is 75.8 cm³/mol. The molecule has 2 atom stereocenters. The number of aliphatic carboxylic acids is 1. The second-order valence-corrected chi connectivity index (χ2v) is 5.25. The third-order valence-electron chi connectivity index (χ3n) is 3.70. The highest BCUT2D eigenvalue weighted by atomic mass is 16.5. The van der Waals surface area contributed by atoms with Crippen molar-refractivity contribution in [2.45, 2.75) is 57.5 Å². The summed E-state index contributed by atoms with van der Waals surface area (Å²) in [6.45, 7) is 2.68. The van der Waals surface area contributed by atoms with E-state index in [1.54, 1.807) is 4.90 Å². The normalized spacial score (nSPS) is 19.7. The van der Waals surface area contributed by atoms with Crippen LogP contribution < -0.4 is 5.32 Å². The first-order valence-electron chi connectivity index (χ1n) is 7.36. The van der Waals surface area contributed by atoms with E-state index in [0.29, 0.717) is 6.54 Å². The predicted octanol–water partition coefficient (Wildman–Crippen LogP) is 1.37. The van der Waals surface area contributed by atoms with Gasteiger partial charge in [-0.2, -0.15) is 0 Å². The average molecular weight is 300 g/mol. The lowest BCUT2D eigenvalue weighted by atomic mass is 9.98. The van der Waals surface area contributed by atoms with Gasteiger partial charge in [0.25, 0.3) is 0 Å². The lowest BCUT2D eigenvalue weighted by Gasteiger charge is -2.36. The Morgan fingerprint density at radius 1 is 1.38 bits per heavy atom. The van der Waals surface area contributed by atoms with E-state index in [9.17, 15) is 14.4 Å². The van der Waals surface area contributed by atoms with Gasteiger partial charge in [-0.3, -0.25) is 4.79 Å². The summed E-state index contributed by atoms with van der Waals surface area (Å²) in [5.41, 5.74) is 0. The first kappa shape index (κ1) is 17.3. The fourth-order valence-corrected chi connectivity index (χ4v) is 2.58. The molecule has 1 saturated heterocycles. The number of nitrogens with one attached hydrogen (secondary N) is 1. The Kier molecular flexibility index (Phi) is 6.98. The standard InChI is InChI=1S/C14H24N2O5/c1-3-6-10-7-4-5-8-16(10)14(20)15-11(13(18)19)9-12(17)21-2/h10-11H,3-9H2,1-2H3,(H,15,20)(H,18,19)/t10?,11-/m0/s1. The van der Waals surface area contributed by atoms with Crippen LogP contribution in [0, 0.1) is 0 Å². The van der Waals surface area contributed by atoms with Crippen LogP contribution in [0.2, 0.25) is 0 Å². The van der Waals surface area contributed by atoms with Gasteiger partial charge in [0, 0.05) is 12.6 Å². The van der Waals surface area contributed by atoms with E-state index in [1.807, 2.05) is 0 Å². The van der Waals surface area contributed by atoms with Crippen LogP contribution in [-0.4, -0.2) is 53.7 Å². The van der Waals surface area contributed by atoms with Gasteiger partial charge >= 0.3 is 18.0 Å². The molecule has 120 valence electrons. The van der Waals surface area contributed by atoms with Crippen molar-refractivity contribution < 1.29 is 24.2 Å². The molecule has 0 bridgehead atoms. The van der Waals surface area contributed by atoms with Crippen LogP contribution in [0.3, 0.4) is 0 Å². The summed E-state index contributed by atoms with van der Waals surface area (Å²) in [5, 5.41) is 11.5. The molecule has 1 aliphatic heterocycles. The Hall–Kier alpha value is -1.79. The highest BCUT2D eigenvalue weighted by Gasteiger charge is 2.30. The molecule has 1 rings (SSSR count). The lowest BCUT2D eigenvalue weighted by Crippen LogP contribution is -2.53. The third kappa shape index (κ3) is 5.24. The van der Waals surface area contributed by atoms with E-state index < -0.39 is 24.0 Å². The fourth-order valence-electron chi connectivity index (χ4n) is 2.58. The van der Waals surface area contributed by atoms with Gasteiger partial charge in [-0.15, -0.1) is 0 Å². The first-order valence-corrected chi connectivity index (χ1v) is 7.36. The maximum atomic E-state index is 12.3. The third-order valence-corrected chi connectivity index (χ3v) is 3.70. The maximum absolute atomic E-state index is 12.3. The van der Waals surface area contributed by atoms with Gasteiger partial charge in [0.05, 0.1) is 13.5 Å². The molecule has 1 aliphatic rings. The molecule has 2 amide bonds. The number of urea groups is 1. The maximum Gasteiger partial charge on any atom is 0.326 e. The molecular weight excluding hydrogens is 276 g/mol. The summed E-state index contributed by atoms with van der Waals surface area (Å²) in [7, 11) is 1.19. The van der Waals surface area contributed by atoms with Crippen LogP contribution in [0.5, 0.6) is 0 Å². The fraction of sp³-hybridized carbons (Fsp3) is 0.786. The van der Waals surface area contributed by atoms with E-state index in [4.69, 9.17) is 5.11 Å². The summed E-state index contributed by atoms with van der Waals surface area (Å²) >= 11 is 0. The van der Waals surface area contributed by atoms with Crippen molar-refractivity contribution in [3.63, 3.8) is 0 Å². The number of carbonyl (C=O) groups excluding carboxylic acids is 2. The molecular formula is C14H24N2O5. The Labute approximate surface area is 124 Å². The number of likely N-dealkylation sites (tertiary alicyclic amines) is 1. The Balaban J connectivity index is 2.66. The number of rotatable bonds is 6. The van der Waals surface area contributed by atoms with Gasteiger partial charge in [-0.25, -0.2) is 9.59 Å². The molecule has 1 unspecified atom stereocenters. The van der Waals surface area contributed by atoms with E-state index in [1.165, 1.54) is 7.11 Å². The number of carboxylic acid groups (broad SMARTS) is 1. The zero-order chi connectivity index (χ0) is 15.8. The number of piperidine rings is 1. The smallest absolute Gasteiger partial charge is 0.326 e. The van der Waals surface area contributed by atoms with Crippen LogP contribution in [0.25, 0.3) is 0 Å². The lowest BCUT2D eigenvalue weighted by molar-refractivity contribution is -0.147. The van der Waals surface area contributed by atoms with Crippen molar-refractivity contribution >= 4 is 18.0 Å². The topological polar surface area (TPSA) is 95.9 Å². The zero-order valence-electron chi connectivity index (χ0n) is 12.6. The van der Waals surface area contributed by atoms with Gasteiger partial charge in [-0.1, -0.05) is 13.3 Å². The van der Waals surface area contributed by atoms with E-state index >= 15 is 0 Å². The Morgan fingerprint density at radius 2 is 2.10 bits per heavy atom. The van der Waals surface area contributed by atoms with Crippen molar-refractivity contribution in [1.29, 1.82) is 0 Å². The van der Waals surface area contributed by atoms with E-state index in [-0.39, 0.29) is 12.5 Å². The van der Waals surface area contributed by atoms with Gasteiger partial charge < -0.3 is 20.1 Å². The largest absolute Gasteiger partial charge is 0.480 e. The molecule has 7 nitrogen and oxygen atoms in total. The van der Waals surface area contributed by atoms with Crippen LogP contribution >= 0.6 is 0 Å². The van der Waals surface area contributed by atoms with Crippen LogP contribution in [0.4, 0.5) is 4.79 Å². The number of carbonyl (C=O) groups is 3. The monoisotopic (exact) mass is 300 g/mol. The molecule has 0 aromatic carbocycles. The minimum Gasteiger partial charge on any atom is -0.480 e. The number of hydrogen-bond acceptors (Lipinski definition) is 4. The number of nitrogens with zero attached hydrogens (tertiary/aromatic N) is 1. The number of carboxylic acids is 1. The van der Waals surface area contributed by atoms with Crippen LogP contribution in [0.1, 0.15) is 45.4 Å². The molecule has 7 heteroatoms. The van der Waals surface area contributed by atoms with E-state index in [2.05, 4.69) is 17.0 Å². The number of hydrogen-bond donors (Lipinski definition) is 2. The molecule has 2 N–H and O–H groups in total. The summed E-state index contributed by atoms with van der Waals surface area (Å²) in [6, 6.07) is -1.52. The molecule has 21 heavy (non-hydrogen) atoms. The van der Waals surface area contributed by atoms with E-state index in [0.717, 1.165) is 32.1 Å². The zero-order valence-corrected chi connectivity index (χ0v) is 12.6. The van der Waals surface area contributed by atoms with Gasteiger partial charge in [0.15, 0.2) is 0 Å². The highest BCUT2D eigenvalue weighted by molar-refractivity contribution is 5.86. The molecule has 0 aromatic heterocycles. The molecule has 0 spiro atoms. The van der Waals surface area contributed by atoms with Crippen molar-refractivity contribution in [3.8, 4) is 0 Å². The van der Waals surface area contributed by atoms with Crippen LogP contribution in [-0.2, 0) is 14.3 Å². The summed E-state index contributed by atoms with van der Waals surface area (Å²) in [4.78, 5) is 36.3. The minimum absolute atomic E-state index is 0.149. The summed E-state index contributed by atoms with van der Waals surface area (Å²) in [5.74, 6) is -1.90. The number of ether oxygens (including phenoxy) is 1. The Bertz CT molecular complexity index is 384. The van der Waals surface area contributed by atoms with Crippen molar-refractivity contribution in [1.82, 2.24) is 10.2 Å². The number of amides is 2. The quantitative estimate of drug-likeness (QED) is 0.722. The average Bonchev–Trinajstić information content (AvgIpc) is 2.47. The first-order chi connectivity index (χ1) is 9.99. The molecule has 0 radical (unpaired) electrons. The second-order valence-electron chi connectivity index (χ2n) is 5.25. The Morgan fingerprint density at radius 3 is 2.67 bits per heavy atom. The number of methoxy groups -OCH3 is 1. The highest BCUT2D eigenvalue weighted by Crippen LogP contribution is 2.21. The van der Waals surface area contributed by atoms with Crippen molar-refractivity contribution in [2.24, 2.45) is 0 Å². The van der Waals surface area contributed by atoms with Gasteiger partial charge in [0.1, 0.15) is 6.04 Å². The van der Waals surface area contributed by atoms with Crippen LogP contribution in [0.15, 0.2) is 0 Å². The molecule has 0 aliphatic carbocycles. The number of esters is 1. The van der Waals surface area contributed by atoms with Gasteiger partial charge in [-0.05, 0) is 25.7 Å². The SMILES string of the molecule is CCCC1CCCCN1C(=O)N[C@@H](CC(=O)OC)C(=O)O.